The standard InChI is InChI=1S/C17H27N3OS/c1-14(10-15-4-3-9-22-15)11-19-16(18-2)20-7-5-17(12-20)6-8-21-13-17/h3-4,9,14H,5-8,10-13H2,1-2H3,(H,18,19). The van der Waals surface area contributed by atoms with Crippen molar-refractivity contribution in [2.24, 2.45) is 16.3 Å². The molecule has 0 aromatic carbocycles. The molecular weight excluding hydrogens is 294 g/mol. The van der Waals surface area contributed by atoms with Crippen LogP contribution in [-0.4, -0.2) is 50.8 Å². The molecule has 0 bridgehead atoms. The number of nitrogens with one attached hydrogen (secondary N) is 1. The summed E-state index contributed by atoms with van der Waals surface area (Å²) in [6.45, 7) is 7.32. The van der Waals surface area contributed by atoms with Gasteiger partial charge in [-0.1, -0.05) is 13.0 Å². The van der Waals surface area contributed by atoms with E-state index < -0.39 is 0 Å². The van der Waals surface area contributed by atoms with Gasteiger partial charge >= 0.3 is 0 Å². The molecular formula is C17H27N3OS. The van der Waals surface area contributed by atoms with Crippen LogP contribution < -0.4 is 5.32 Å². The predicted octanol–water partition coefficient (Wildman–Crippen LogP) is 2.61. The molecule has 5 heteroatoms. The van der Waals surface area contributed by atoms with Gasteiger partial charge in [-0.05, 0) is 36.6 Å². The number of hydrogen-bond donors (Lipinski definition) is 1. The quantitative estimate of drug-likeness (QED) is 0.684. The lowest BCUT2D eigenvalue weighted by atomic mass is 9.87. The Kier molecular flexibility index (Phi) is 5.03. The number of likely N-dealkylation sites (tertiary alicyclic amines) is 1. The molecule has 0 aliphatic carbocycles. The monoisotopic (exact) mass is 321 g/mol. The number of thiophene rings is 1. The molecule has 1 spiro atoms. The molecule has 122 valence electrons. The highest BCUT2D eigenvalue weighted by atomic mass is 32.1. The molecule has 0 saturated carbocycles. The second kappa shape index (κ2) is 7.01. The summed E-state index contributed by atoms with van der Waals surface area (Å²) in [6, 6.07) is 4.35. The smallest absolute Gasteiger partial charge is 0.193 e. The Bertz CT molecular complexity index is 494. The van der Waals surface area contributed by atoms with E-state index in [4.69, 9.17) is 4.74 Å². The van der Waals surface area contributed by atoms with E-state index in [0.717, 1.165) is 45.2 Å². The maximum absolute atomic E-state index is 5.62. The minimum atomic E-state index is 0.389. The van der Waals surface area contributed by atoms with Crippen molar-refractivity contribution >= 4 is 17.3 Å². The minimum absolute atomic E-state index is 0.389. The molecule has 1 aromatic rings. The van der Waals surface area contributed by atoms with Crippen molar-refractivity contribution in [2.75, 3.05) is 39.9 Å². The molecule has 22 heavy (non-hydrogen) atoms. The Morgan fingerprint density at radius 1 is 1.55 bits per heavy atom. The van der Waals surface area contributed by atoms with Crippen LogP contribution in [-0.2, 0) is 11.2 Å². The molecule has 2 fully saturated rings. The number of nitrogens with zero attached hydrogens (tertiary/aromatic N) is 2. The molecule has 1 N–H and O–H groups in total. The molecule has 2 aliphatic rings. The molecule has 2 unspecified atom stereocenters. The summed E-state index contributed by atoms with van der Waals surface area (Å²) in [7, 11) is 1.89. The highest BCUT2D eigenvalue weighted by Crippen LogP contribution is 2.38. The summed E-state index contributed by atoms with van der Waals surface area (Å²) in [4.78, 5) is 8.36. The Labute approximate surface area is 137 Å². The Hall–Kier alpha value is -1.07. The van der Waals surface area contributed by atoms with E-state index in [2.05, 4.69) is 39.6 Å². The summed E-state index contributed by atoms with van der Waals surface area (Å²) < 4.78 is 5.62. The first-order valence-electron chi connectivity index (χ1n) is 8.26. The third-order valence-electron chi connectivity index (χ3n) is 4.87. The second-order valence-corrected chi connectivity index (χ2v) is 7.82. The van der Waals surface area contributed by atoms with Crippen LogP contribution in [0.15, 0.2) is 22.5 Å². The van der Waals surface area contributed by atoms with Gasteiger partial charge in [-0.25, -0.2) is 0 Å². The van der Waals surface area contributed by atoms with E-state index in [1.807, 2.05) is 18.4 Å². The van der Waals surface area contributed by atoms with Crippen molar-refractivity contribution in [3.8, 4) is 0 Å². The highest BCUT2D eigenvalue weighted by molar-refractivity contribution is 7.09. The summed E-state index contributed by atoms with van der Waals surface area (Å²) >= 11 is 1.85. The van der Waals surface area contributed by atoms with E-state index in [1.54, 1.807) is 0 Å². The van der Waals surface area contributed by atoms with E-state index in [0.29, 0.717) is 11.3 Å². The Morgan fingerprint density at radius 3 is 3.14 bits per heavy atom. The summed E-state index contributed by atoms with van der Waals surface area (Å²) in [5.41, 5.74) is 0.389. The number of ether oxygens (including phenoxy) is 1. The third-order valence-corrected chi connectivity index (χ3v) is 5.77. The maximum Gasteiger partial charge on any atom is 0.193 e. The molecule has 2 saturated heterocycles. The Morgan fingerprint density at radius 2 is 2.45 bits per heavy atom. The van der Waals surface area contributed by atoms with E-state index in [9.17, 15) is 0 Å². The lowest BCUT2D eigenvalue weighted by Gasteiger charge is -2.25. The lowest BCUT2D eigenvalue weighted by molar-refractivity contribution is 0.156. The normalized spacial score (nSPS) is 26.8. The number of guanidine groups is 1. The first kappa shape index (κ1) is 15.8. The average molecular weight is 321 g/mol. The highest BCUT2D eigenvalue weighted by Gasteiger charge is 2.42. The largest absolute Gasteiger partial charge is 0.381 e. The van der Waals surface area contributed by atoms with Crippen molar-refractivity contribution in [1.29, 1.82) is 0 Å². The van der Waals surface area contributed by atoms with Crippen molar-refractivity contribution in [3.63, 3.8) is 0 Å². The van der Waals surface area contributed by atoms with Crippen LogP contribution in [0.2, 0.25) is 0 Å². The second-order valence-electron chi connectivity index (χ2n) is 6.79. The van der Waals surface area contributed by atoms with Gasteiger partial charge in [0.15, 0.2) is 5.96 Å². The fourth-order valence-electron chi connectivity index (χ4n) is 3.53. The lowest BCUT2D eigenvalue weighted by Crippen LogP contribution is -2.43. The van der Waals surface area contributed by atoms with E-state index in [-0.39, 0.29) is 0 Å². The van der Waals surface area contributed by atoms with Crippen LogP contribution in [0.4, 0.5) is 0 Å². The molecule has 0 amide bonds. The number of aliphatic imine (C=N–C) groups is 1. The van der Waals surface area contributed by atoms with Gasteiger partial charge in [0.05, 0.1) is 6.61 Å². The van der Waals surface area contributed by atoms with Gasteiger partial charge < -0.3 is 15.0 Å². The van der Waals surface area contributed by atoms with Gasteiger partial charge in [0.25, 0.3) is 0 Å². The van der Waals surface area contributed by atoms with Crippen molar-refractivity contribution in [2.45, 2.75) is 26.2 Å². The van der Waals surface area contributed by atoms with E-state index >= 15 is 0 Å². The zero-order chi connectivity index (χ0) is 15.4. The Balaban J connectivity index is 1.48. The van der Waals surface area contributed by atoms with Gasteiger partial charge in [0, 0.05) is 43.6 Å². The fourth-order valence-corrected chi connectivity index (χ4v) is 4.40. The fraction of sp³-hybridized carbons (Fsp3) is 0.706. The number of rotatable bonds is 4. The zero-order valence-electron chi connectivity index (χ0n) is 13.7. The van der Waals surface area contributed by atoms with Gasteiger partial charge in [-0.15, -0.1) is 11.3 Å². The van der Waals surface area contributed by atoms with Crippen molar-refractivity contribution in [1.82, 2.24) is 10.2 Å². The van der Waals surface area contributed by atoms with Crippen LogP contribution >= 0.6 is 11.3 Å². The van der Waals surface area contributed by atoms with Crippen LogP contribution in [0.3, 0.4) is 0 Å². The molecule has 3 rings (SSSR count). The maximum atomic E-state index is 5.62. The molecule has 4 nitrogen and oxygen atoms in total. The van der Waals surface area contributed by atoms with Gasteiger partial charge in [0.2, 0.25) is 0 Å². The first-order chi connectivity index (χ1) is 10.7. The summed E-state index contributed by atoms with van der Waals surface area (Å²) in [5, 5.41) is 5.72. The van der Waals surface area contributed by atoms with Crippen LogP contribution in [0, 0.1) is 11.3 Å². The molecule has 3 heterocycles. The van der Waals surface area contributed by atoms with Crippen LogP contribution in [0.1, 0.15) is 24.6 Å². The average Bonchev–Trinajstić information content (AvgIpc) is 3.24. The van der Waals surface area contributed by atoms with Crippen LogP contribution in [0.25, 0.3) is 0 Å². The van der Waals surface area contributed by atoms with Crippen LogP contribution in [0.5, 0.6) is 0 Å². The molecule has 1 aromatic heterocycles. The van der Waals surface area contributed by atoms with E-state index in [1.165, 1.54) is 17.7 Å². The predicted molar refractivity (Wildman–Crippen MR) is 92.6 cm³/mol. The van der Waals surface area contributed by atoms with Crippen molar-refractivity contribution in [3.05, 3.63) is 22.4 Å². The topological polar surface area (TPSA) is 36.9 Å². The number of hydrogen-bond acceptors (Lipinski definition) is 3. The SMILES string of the molecule is CN=C(NCC(C)Cc1cccs1)N1CCC2(CCOC2)C1. The third kappa shape index (κ3) is 3.63. The summed E-state index contributed by atoms with van der Waals surface area (Å²) in [5.74, 6) is 1.67. The van der Waals surface area contributed by atoms with Crippen molar-refractivity contribution < 1.29 is 4.74 Å². The zero-order valence-corrected chi connectivity index (χ0v) is 14.5. The first-order valence-corrected chi connectivity index (χ1v) is 9.14. The van der Waals surface area contributed by atoms with Gasteiger partial charge in [-0.2, -0.15) is 0 Å². The molecule has 0 radical (unpaired) electrons. The molecule has 2 aliphatic heterocycles. The van der Waals surface area contributed by atoms with Gasteiger partial charge in [0.1, 0.15) is 0 Å². The summed E-state index contributed by atoms with van der Waals surface area (Å²) in [6.07, 6.45) is 3.58. The molecule has 2 atom stereocenters. The minimum Gasteiger partial charge on any atom is -0.381 e. The van der Waals surface area contributed by atoms with Gasteiger partial charge in [-0.3, -0.25) is 4.99 Å².